The number of carbonyl (C=O) groups is 1. The largest absolute Gasteiger partial charge is 0.486 e. The highest BCUT2D eigenvalue weighted by Crippen LogP contribution is 2.19. The van der Waals surface area contributed by atoms with Crippen LogP contribution in [0.4, 0.5) is 0 Å². The molecule has 0 saturated heterocycles. The summed E-state index contributed by atoms with van der Waals surface area (Å²) in [6.07, 6.45) is 0.967. The number of aryl methyl sites for hydroxylation is 2. The third-order valence-electron chi connectivity index (χ3n) is 4.51. The first-order valence-electron chi connectivity index (χ1n) is 8.96. The average Bonchev–Trinajstić information content (AvgIpc) is 2.95. The molecule has 1 heterocycles. The van der Waals surface area contributed by atoms with Gasteiger partial charge in [0.2, 0.25) is 10.0 Å². The molecule has 0 bridgehead atoms. The first kappa shape index (κ1) is 20.8. The molecule has 0 amide bonds. The third kappa shape index (κ3) is 5.33. The summed E-state index contributed by atoms with van der Waals surface area (Å²) in [6, 6.07) is 11.7. The summed E-state index contributed by atoms with van der Waals surface area (Å²) in [5.74, 6) is 0.172. The zero-order chi connectivity index (χ0) is 21.2. The Bertz CT molecular complexity index is 1140. The summed E-state index contributed by atoms with van der Waals surface area (Å²) in [6.45, 7) is 2.32. The van der Waals surface area contributed by atoms with Crippen LogP contribution >= 0.6 is 0 Å². The van der Waals surface area contributed by atoms with E-state index in [2.05, 4.69) is 15.8 Å². The van der Waals surface area contributed by atoms with E-state index in [9.17, 15) is 18.3 Å². The predicted molar refractivity (Wildman–Crippen MR) is 109 cm³/mol. The van der Waals surface area contributed by atoms with Gasteiger partial charge in [0, 0.05) is 7.05 Å². The number of nitrogens with zero attached hydrogens (tertiary/aromatic N) is 2. The number of fused-ring (bicyclic) bond motifs is 1. The van der Waals surface area contributed by atoms with Gasteiger partial charge in [0.1, 0.15) is 24.2 Å². The van der Waals surface area contributed by atoms with E-state index in [0.717, 1.165) is 28.7 Å². The molecule has 0 radical (unpaired) electrons. The SMILES string of the molecule is Cc1ccc2nc(COc3ccc(CC(NS(C)(=O)=O)C(=O)O)cc3)n(C)c2c1. The molecular weight excluding hydrogens is 394 g/mol. The fourth-order valence-corrected chi connectivity index (χ4v) is 3.72. The van der Waals surface area contributed by atoms with Crippen LogP contribution in [0.2, 0.25) is 0 Å². The Morgan fingerprint density at radius 1 is 1.24 bits per heavy atom. The van der Waals surface area contributed by atoms with Gasteiger partial charge in [-0.3, -0.25) is 4.79 Å². The molecule has 3 rings (SSSR count). The third-order valence-corrected chi connectivity index (χ3v) is 5.23. The Balaban J connectivity index is 1.66. The molecule has 0 spiro atoms. The normalized spacial score (nSPS) is 12.8. The number of hydrogen-bond donors (Lipinski definition) is 2. The summed E-state index contributed by atoms with van der Waals surface area (Å²) in [4.78, 5) is 15.9. The summed E-state index contributed by atoms with van der Waals surface area (Å²) >= 11 is 0. The fourth-order valence-electron chi connectivity index (χ4n) is 3.02. The maximum absolute atomic E-state index is 11.3. The van der Waals surface area contributed by atoms with Crippen LogP contribution in [-0.2, 0) is 34.9 Å². The van der Waals surface area contributed by atoms with E-state index >= 15 is 0 Å². The van der Waals surface area contributed by atoms with E-state index in [0.29, 0.717) is 11.3 Å². The first-order chi connectivity index (χ1) is 13.6. The molecule has 0 aliphatic carbocycles. The van der Waals surface area contributed by atoms with Crippen molar-refractivity contribution < 1.29 is 23.1 Å². The Hall–Kier alpha value is -2.91. The van der Waals surface area contributed by atoms with E-state index in [1.165, 1.54) is 0 Å². The van der Waals surface area contributed by atoms with E-state index in [1.54, 1.807) is 24.3 Å². The van der Waals surface area contributed by atoms with Gasteiger partial charge >= 0.3 is 5.97 Å². The molecule has 0 aliphatic heterocycles. The minimum atomic E-state index is -3.62. The lowest BCUT2D eigenvalue weighted by molar-refractivity contribution is -0.138. The topological polar surface area (TPSA) is 111 Å². The van der Waals surface area contributed by atoms with Crippen molar-refractivity contribution in [1.82, 2.24) is 14.3 Å². The molecule has 2 aromatic carbocycles. The van der Waals surface area contributed by atoms with E-state index in [-0.39, 0.29) is 13.0 Å². The van der Waals surface area contributed by atoms with Gasteiger partial charge in [-0.2, -0.15) is 0 Å². The number of carboxylic acid groups (broad SMARTS) is 1. The molecule has 1 unspecified atom stereocenters. The molecule has 8 nitrogen and oxygen atoms in total. The molecule has 29 heavy (non-hydrogen) atoms. The van der Waals surface area contributed by atoms with Crippen molar-refractivity contribution >= 4 is 27.0 Å². The lowest BCUT2D eigenvalue weighted by atomic mass is 10.1. The van der Waals surface area contributed by atoms with Crippen LogP contribution in [0.25, 0.3) is 11.0 Å². The van der Waals surface area contributed by atoms with Crippen LogP contribution < -0.4 is 9.46 Å². The van der Waals surface area contributed by atoms with Crippen LogP contribution in [0.5, 0.6) is 5.75 Å². The number of benzene rings is 2. The zero-order valence-electron chi connectivity index (χ0n) is 16.4. The highest BCUT2D eigenvalue weighted by molar-refractivity contribution is 7.88. The molecule has 0 saturated carbocycles. The molecule has 0 aliphatic rings. The van der Waals surface area contributed by atoms with Crippen molar-refractivity contribution in [2.24, 2.45) is 7.05 Å². The second kappa shape index (κ2) is 8.22. The standard InChI is InChI=1S/C20H23N3O5S/c1-13-4-9-16-18(10-13)23(2)19(21-16)12-28-15-7-5-14(6-8-15)11-17(20(24)25)22-29(3,26)27/h4-10,17,22H,11-12H2,1-3H3,(H,24,25). The van der Waals surface area contributed by atoms with Gasteiger partial charge < -0.3 is 14.4 Å². The van der Waals surface area contributed by atoms with Gasteiger partial charge in [0.05, 0.1) is 17.3 Å². The number of aliphatic carboxylic acids is 1. The maximum Gasteiger partial charge on any atom is 0.322 e. The van der Waals surface area contributed by atoms with Crippen LogP contribution in [0.15, 0.2) is 42.5 Å². The number of sulfonamides is 1. The van der Waals surface area contributed by atoms with Crippen molar-refractivity contribution in [3.63, 3.8) is 0 Å². The minimum absolute atomic E-state index is 0.0345. The van der Waals surface area contributed by atoms with Crippen molar-refractivity contribution in [2.45, 2.75) is 26.0 Å². The maximum atomic E-state index is 11.3. The van der Waals surface area contributed by atoms with Gasteiger partial charge in [-0.15, -0.1) is 0 Å². The lowest BCUT2D eigenvalue weighted by Crippen LogP contribution is -2.41. The Morgan fingerprint density at radius 3 is 2.55 bits per heavy atom. The number of aromatic nitrogens is 2. The van der Waals surface area contributed by atoms with Crippen molar-refractivity contribution in [2.75, 3.05) is 6.26 Å². The number of rotatable bonds is 8. The van der Waals surface area contributed by atoms with E-state index < -0.39 is 22.0 Å². The summed E-state index contributed by atoms with van der Waals surface area (Å²) in [7, 11) is -1.68. The van der Waals surface area contributed by atoms with Gasteiger partial charge in [-0.25, -0.2) is 18.1 Å². The summed E-state index contributed by atoms with van der Waals surface area (Å²) < 4.78 is 32.6. The zero-order valence-corrected chi connectivity index (χ0v) is 17.2. The number of nitrogens with one attached hydrogen (secondary N) is 1. The van der Waals surface area contributed by atoms with E-state index in [1.807, 2.05) is 30.7 Å². The fraction of sp³-hybridized carbons (Fsp3) is 0.300. The quantitative estimate of drug-likeness (QED) is 0.580. The average molecular weight is 417 g/mol. The second-order valence-electron chi connectivity index (χ2n) is 7.00. The molecule has 0 fully saturated rings. The minimum Gasteiger partial charge on any atom is -0.486 e. The molecule has 9 heteroatoms. The number of carboxylic acids is 1. The van der Waals surface area contributed by atoms with Gasteiger partial charge in [-0.05, 0) is 48.7 Å². The highest BCUT2D eigenvalue weighted by atomic mass is 32.2. The van der Waals surface area contributed by atoms with Crippen molar-refractivity contribution in [3.8, 4) is 5.75 Å². The number of hydrogen-bond acceptors (Lipinski definition) is 5. The number of imidazole rings is 1. The summed E-state index contributed by atoms with van der Waals surface area (Å²) in [5.41, 5.74) is 3.79. The molecule has 154 valence electrons. The first-order valence-corrected chi connectivity index (χ1v) is 10.9. The van der Waals surface area contributed by atoms with E-state index in [4.69, 9.17) is 4.74 Å². The van der Waals surface area contributed by atoms with Crippen LogP contribution in [0.3, 0.4) is 0 Å². The molecule has 1 aromatic heterocycles. The lowest BCUT2D eigenvalue weighted by Gasteiger charge is -2.13. The Kier molecular flexibility index (Phi) is 5.90. The molecule has 3 aromatic rings. The van der Waals surface area contributed by atoms with Crippen LogP contribution in [0, 0.1) is 6.92 Å². The van der Waals surface area contributed by atoms with Crippen LogP contribution in [0.1, 0.15) is 17.0 Å². The predicted octanol–water partition coefficient (Wildman–Crippen LogP) is 2.01. The number of ether oxygens (including phenoxy) is 1. The van der Waals surface area contributed by atoms with Gasteiger partial charge in [0.15, 0.2) is 0 Å². The monoisotopic (exact) mass is 417 g/mol. The molecule has 2 N–H and O–H groups in total. The molecule has 1 atom stereocenters. The van der Waals surface area contributed by atoms with Crippen LogP contribution in [-0.4, -0.2) is 41.3 Å². The highest BCUT2D eigenvalue weighted by Gasteiger charge is 2.21. The van der Waals surface area contributed by atoms with Crippen molar-refractivity contribution in [1.29, 1.82) is 0 Å². The van der Waals surface area contributed by atoms with Gasteiger partial charge in [-0.1, -0.05) is 18.2 Å². The van der Waals surface area contributed by atoms with Crippen molar-refractivity contribution in [3.05, 3.63) is 59.4 Å². The smallest absolute Gasteiger partial charge is 0.322 e. The molecular formula is C20H23N3O5S. The Labute approximate surface area is 169 Å². The summed E-state index contributed by atoms with van der Waals surface area (Å²) in [5, 5.41) is 9.20. The second-order valence-corrected chi connectivity index (χ2v) is 8.78. The Morgan fingerprint density at radius 2 is 1.93 bits per heavy atom. The van der Waals surface area contributed by atoms with Gasteiger partial charge in [0.25, 0.3) is 0 Å².